The predicted octanol–water partition coefficient (Wildman–Crippen LogP) is 3.44. The van der Waals surface area contributed by atoms with Crippen LogP contribution in [0.25, 0.3) is 0 Å². The van der Waals surface area contributed by atoms with Crippen molar-refractivity contribution in [2.75, 3.05) is 20.2 Å². The molecule has 0 unspecified atom stereocenters. The van der Waals surface area contributed by atoms with Crippen LogP contribution in [0.4, 0.5) is 4.79 Å². The first-order valence-corrected chi connectivity index (χ1v) is 9.73. The molecule has 4 rings (SSSR count). The average molecular weight is 360 g/mol. The van der Waals surface area contributed by atoms with E-state index in [1.165, 1.54) is 19.3 Å². The van der Waals surface area contributed by atoms with Crippen molar-refractivity contribution in [3.63, 3.8) is 0 Å². The van der Waals surface area contributed by atoms with Gasteiger partial charge in [-0.2, -0.15) is 0 Å². The van der Waals surface area contributed by atoms with Gasteiger partial charge >= 0.3 is 6.03 Å². The molecule has 2 amide bonds. The van der Waals surface area contributed by atoms with Crippen LogP contribution in [0.2, 0.25) is 0 Å². The van der Waals surface area contributed by atoms with E-state index in [2.05, 4.69) is 5.32 Å². The molecule has 1 aromatic carbocycles. The van der Waals surface area contributed by atoms with Crippen LogP contribution in [0.3, 0.4) is 0 Å². The lowest BCUT2D eigenvalue weighted by Crippen LogP contribution is -2.55. The zero-order chi connectivity index (χ0) is 18.0. The number of piperidine rings is 1. The molecule has 0 bridgehead atoms. The summed E-state index contributed by atoms with van der Waals surface area (Å²) in [5.74, 6) is 1.06. The zero-order valence-corrected chi connectivity index (χ0v) is 15.5. The molecule has 2 heterocycles. The third-order valence-electron chi connectivity index (χ3n) is 5.80. The number of amides is 2. The van der Waals surface area contributed by atoms with E-state index in [-0.39, 0.29) is 6.03 Å². The molecular weight excluding hydrogens is 332 g/mol. The van der Waals surface area contributed by atoms with Crippen molar-refractivity contribution in [1.29, 1.82) is 0 Å². The molecule has 0 radical (unpaired) electrons. The minimum atomic E-state index is -0.608. The van der Waals surface area contributed by atoms with E-state index in [4.69, 9.17) is 14.2 Å². The first kappa shape index (κ1) is 17.5. The van der Waals surface area contributed by atoms with Crippen LogP contribution in [-0.2, 0) is 11.3 Å². The Morgan fingerprint density at radius 3 is 2.73 bits per heavy atom. The lowest BCUT2D eigenvalue weighted by Gasteiger charge is -2.44. The Balaban J connectivity index is 1.33. The summed E-state index contributed by atoms with van der Waals surface area (Å²) in [6.45, 7) is 1.83. The molecule has 6 nitrogen and oxygen atoms in total. The van der Waals surface area contributed by atoms with Gasteiger partial charge in [0.25, 0.3) is 0 Å². The van der Waals surface area contributed by atoms with Gasteiger partial charge in [0, 0.05) is 37.5 Å². The Hall–Kier alpha value is -1.95. The van der Waals surface area contributed by atoms with Crippen molar-refractivity contribution >= 4 is 6.03 Å². The molecule has 1 aromatic rings. The lowest BCUT2D eigenvalue weighted by molar-refractivity contribution is -0.225. The monoisotopic (exact) mass is 360 g/mol. The largest absolute Gasteiger partial charge is 0.497 e. The summed E-state index contributed by atoms with van der Waals surface area (Å²) in [6.07, 6.45) is 7.33. The van der Waals surface area contributed by atoms with Crippen LogP contribution in [0, 0.1) is 0 Å². The molecule has 1 aliphatic carbocycles. The van der Waals surface area contributed by atoms with E-state index in [1.807, 2.05) is 23.1 Å². The number of carbonyl (C=O) groups excluding carboxylic acids is 1. The molecule has 1 saturated carbocycles. The van der Waals surface area contributed by atoms with Crippen molar-refractivity contribution in [3.8, 4) is 11.5 Å². The van der Waals surface area contributed by atoms with Crippen molar-refractivity contribution in [3.05, 3.63) is 23.8 Å². The van der Waals surface area contributed by atoms with Crippen molar-refractivity contribution in [2.45, 2.75) is 63.4 Å². The molecule has 3 aliphatic rings. The number of ether oxygens (including phenoxy) is 3. The number of fused-ring (bicyclic) bond motifs is 1. The van der Waals surface area contributed by atoms with Gasteiger partial charge in [0.05, 0.1) is 13.7 Å². The number of nitrogens with zero attached hydrogens (tertiary/aromatic N) is 1. The second-order valence-electron chi connectivity index (χ2n) is 7.55. The van der Waals surface area contributed by atoms with Crippen molar-refractivity contribution in [2.24, 2.45) is 0 Å². The maximum atomic E-state index is 12.5. The Morgan fingerprint density at radius 2 is 2.00 bits per heavy atom. The number of nitrogens with one attached hydrogen (secondary N) is 1. The molecule has 1 saturated heterocycles. The summed E-state index contributed by atoms with van der Waals surface area (Å²) < 4.78 is 17.5. The topological polar surface area (TPSA) is 60.0 Å². The molecule has 2 aliphatic heterocycles. The van der Waals surface area contributed by atoms with E-state index < -0.39 is 5.79 Å². The molecule has 142 valence electrons. The van der Waals surface area contributed by atoms with Gasteiger partial charge in [-0.1, -0.05) is 19.3 Å². The van der Waals surface area contributed by atoms with Crippen LogP contribution in [0.5, 0.6) is 11.5 Å². The quantitative estimate of drug-likeness (QED) is 0.878. The summed E-state index contributed by atoms with van der Waals surface area (Å²) in [7, 11) is 1.65. The van der Waals surface area contributed by atoms with Gasteiger partial charge in [-0.05, 0) is 31.0 Å². The number of methoxy groups -OCH3 is 1. The Bertz CT molecular complexity index is 649. The lowest BCUT2D eigenvalue weighted by atomic mass is 9.95. The van der Waals surface area contributed by atoms with Gasteiger partial charge in [0.2, 0.25) is 5.79 Å². The van der Waals surface area contributed by atoms with Gasteiger partial charge in [0.15, 0.2) is 0 Å². The van der Waals surface area contributed by atoms with Gasteiger partial charge < -0.3 is 24.4 Å². The Morgan fingerprint density at radius 1 is 1.23 bits per heavy atom. The van der Waals surface area contributed by atoms with Gasteiger partial charge in [-0.3, -0.25) is 0 Å². The smallest absolute Gasteiger partial charge is 0.317 e. The number of urea groups is 1. The average Bonchev–Trinajstić information content (AvgIpc) is 2.69. The fourth-order valence-corrected chi connectivity index (χ4v) is 4.14. The summed E-state index contributed by atoms with van der Waals surface area (Å²) in [5.41, 5.74) is 1.01. The number of carbonyl (C=O) groups is 1. The third-order valence-corrected chi connectivity index (χ3v) is 5.80. The second-order valence-corrected chi connectivity index (χ2v) is 7.55. The Kier molecular flexibility index (Phi) is 4.94. The fourth-order valence-electron chi connectivity index (χ4n) is 4.14. The molecule has 0 aromatic heterocycles. The number of hydrogen-bond donors (Lipinski definition) is 1. The molecule has 0 atom stereocenters. The van der Waals surface area contributed by atoms with Gasteiger partial charge in [0.1, 0.15) is 11.5 Å². The van der Waals surface area contributed by atoms with Gasteiger partial charge in [-0.25, -0.2) is 4.79 Å². The van der Waals surface area contributed by atoms with Crippen molar-refractivity contribution < 1.29 is 19.0 Å². The van der Waals surface area contributed by atoms with E-state index in [0.29, 0.717) is 38.6 Å². The maximum absolute atomic E-state index is 12.5. The number of hydrogen-bond acceptors (Lipinski definition) is 4. The molecule has 1 N–H and O–H groups in total. The SMILES string of the molecule is COc1ccc2c(c1)COC1(CCN(C(=O)NC3CCCCC3)CC1)O2. The number of likely N-dealkylation sites (tertiary alicyclic amines) is 1. The second kappa shape index (κ2) is 7.35. The van der Waals surface area contributed by atoms with Crippen LogP contribution in [0.1, 0.15) is 50.5 Å². The highest BCUT2D eigenvalue weighted by atomic mass is 16.7. The van der Waals surface area contributed by atoms with E-state index >= 15 is 0 Å². The molecule has 26 heavy (non-hydrogen) atoms. The summed E-state index contributed by atoms with van der Waals surface area (Å²) in [5, 5.41) is 3.20. The first-order valence-electron chi connectivity index (χ1n) is 9.73. The van der Waals surface area contributed by atoms with Crippen LogP contribution < -0.4 is 14.8 Å². The highest BCUT2D eigenvalue weighted by Crippen LogP contribution is 2.38. The highest BCUT2D eigenvalue weighted by molar-refractivity contribution is 5.74. The zero-order valence-electron chi connectivity index (χ0n) is 15.5. The van der Waals surface area contributed by atoms with Gasteiger partial charge in [-0.15, -0.1) is 0 Å². The number of benzene rings is 1. The van der Waals surface area contributed by atoms with Crippen LogP contribution in [-0.4, -0.2) is 43.0 Å². The van der Waals surface area contributed by atoms with E-state index in [1.54, 1.807) is 7.11 Å². The number of rotatable bonds is 2. The summed E-state index contributed by atoms with van der Waals surface area (Å²) in [4.78, 5) is 14.4. The normalized spacial score (nSPS) is 22.4. The van der Waals surface area contributed by atoms with Crippen molar-refractivity contribution in [1.82, 2.24) is 10.2 Å². The fraction of sp³-hybridized carbons (Fsp3) is 0.650. The highest BCUT2D eigenvalue weighted by Gasteiger charge is 2.42. The van der Waals surface area contributed by atoms with Crippen LogP contribution >= 0.6 is 0 Å². The maximum Gasteiger partial charge on any atom is 0.317 e. The van der Waals surface area contributed by atoms with E-state index in [9.17, 15) is 4.79 Å². The minimum absolute atomic E-state index is 0.0627. The first-order chi connectivity index (χ1) is 12.7. The molecular formula is C20H28N2O4. The van der Waals surface area contributed by atoms with Crippen LogP contribution in [0.15, 0.2) is 18.2 Å². The molecule has 2 fully saturated rings. The summed E-state index contributed by atoms with van der Waals surface area (Å²) >= 11 is 0. The molecule has 6 heteroatoms. The third kappa shape index (κ3) is 3.61. The van der Waals surface area contributed by atoms with E-state index in [0.717, 1.165) is 29.9 Å². The Labute approximate surface area is 154 Å². The molecule has 1 spiro atoms. The standard InChI is InChI=1S/C20H28N2O4/c1-24-17-7-8-18-15(13-17)14-25-20(26-18)9-11-22(12-10-20)19(23)21-16-5-3-2-4-6-16/h7-8,13,16H,2-6,9-12,14H2,1H3,(H,21,23). The minimum Gasteiger partial charge on any atom is -0.497 e. The predicted molar refractivity (Wildman–Crippen MR) is 97.4 cm³/mol. The summed E-state index contributed by atoms with van der Waals surface area (Å²) in [6, 6.07) is 6.21.